The number of rotatable bonds is 6. The summed E-state index contributed by atoms with van der Waals surface area (Å²) >= 11 is 0. The van der Waals surface area contributed by atoms with Crippen LogP contribution in [-0.2, 0) is 0 Å². The van der Waals surface area contributed by atoms with Crippen molar-refractivity contribution in [2.45, 2.75) is 6.92 Å². The molecule has 0 fully saturated rings. The molecule has 1 amide bonds. The van der Waals surface area contributed by atoms with Gasteiger partial charge in [-0.15, -0.1) is 0 Å². The molecule has 0 spiro atoms. The molecule has 0 unspecified atom stereocenters. The summed E-state index contributed by atoms with van der Waals surface area (Å²) in [7, 11) is 0. The number of benzene rings is 3. The van der Waals surface area contributed by atoms with Gasteiger partial charge >= 0.3 is 0 Å². The molecule has 0 saturated carbocycles. The van der Waals surface area contributed by atoms with Gasteiger partial charge in [-0.05, 0) is 42.8 Å². The van der Waals surface area contributed by atoms with E-state index in [1.165, 1.54) is 30.5 Å². The van der Waals surface area contributed by atoms with Crippen LogP contribution in [0.2, 0.25) is 0 Å². The van der Waals surface area contributed by atoms with Crippen LogP contribution in [0.5, 0.6) is 5.75 Å². The highest BCUT2D eigenvalue weighted by Crippen LogP contribution is 2.26. The number of anilines is 2. The lowest BCUT2D eigenvalue weighted by Gasteiger charge is -2.09. The number of carbonyl (C=O) groups is 1. The highest BCUT2D eigenvalue weighted by molar-refractivity contribution is 6.05. The zero-order valence-electron chi connectivity index (χ0n) is 15.5. The van der Waals surface area contributed by atoms with Crippen LogP contribution in [-0.4, -0.2) is 22.2 Å². The molecule has 0 aliphatic rings. The lowest BCUT2D eigenvalue weighted by molar-refractivity contribution is -0.384. The number of hydrazone groups is 1. The number of nitro benzene ring substituents is 1. The van der Waals surface area contributed by atoms with Gasteiger partial charge in [-0.3, -0.25) is 20.3 Å². The molecule has 3 N–H and O–H groups in total. The molecule has 3 rings (SSSR count). The SMILES string of the molecule is Cc1ccccc1NC(=O)c1ccc(NN=Cc2ccccc2O)c([N+](=O)[O-])c1. The summed E-state index contributed by atoms with van der Waals surface area (Å²) in [4.78, 5) is 23.3. The first kappa shape index (κ1) is 19.6. The fraction of sp³-hybridized carbons (Fsp3) is 0.0476. The summed E-state index contributed by atoms with van der Waals surface area (Å²) in [5, 5.41) is 27.8. The van der Waals surface area contributed by atoms with Crippen molar-refractivity contribution in [3.63, 3.8) is 0 Å². The van der Waals surface area contributed by atoms with Gasteiger partial charge in [0.2, 0.25) is 0 Å². The van der Waals surface area contributed by atoms with Gasteiger partial charge in [0, 0.05) is 22.9 Å². The molecular formula is C21H18N4O4. The molecule has 0 bridgehead atoms. The Kier molecular flexibility index (Phi) is 5.84. The number of phenols is 1. The van der Waals surface area contributed by atoms with Gasteiger partial charge in [0.05, 0.1) is 11.1 Å². The molecule has 3 aromatic carbocycles. The Balaban J connectivity index is 1.80. The maximum atomic E-state index is 12.5. The monoisotopic (exact) mass is 390 g/mol. The van der Waals surface area contributed by atoms with E-state index in [9.17, 15) is 20.0 Å². The van der Waals surface area contributed by atoms with E-state index in [1.807, 2.05) is 19.1 Å². The molecule has 146 valence electrons. The standard InChI is InChI=1S/C21H18N4O4/c1-14-6-2-4-8-17(14)23-21(27)15-10-11-18(19(12-15)25(28)29)24-22-13-16-7-3-5-9-20(16)26/h2-13,24,26H,1H3,(H,23,27). The number of aromatic hydroxyl groups is 1. The Morgan fingerprint density at radius 3 is 2.52 bits per heavy atom. The van der Waals surface area contributed by atoms with Crippen molar-refractivity contribution in [1.29, 1.82) is 0 Å². The molecule has 8 nitrogen and oxygen atoms in total. The average molecular weight is 390 g/mol. The minimum atomic E-state index is -0.595. The molecule has 0 heterocycles. The first-order valence-electron chi connectivity index (χ1n) is 8.68. The Morgan fingerprint density at radius 2 is 1.79 bits per heavy atom. The van der Waals surface area contributed by atoms with E-state index in [0.717, 1.165) is 5.56 Å². The number of carbonyl (C=O) groups excluding carboxylic acids is 1. The van der Waals surface area contributed by atoms with Crippen LogP contribution in [0.3, 0.4) is 0 Å². The zero-order chi connectivity index (χ0) is 20.8. The third-order valence-corrected chi connectivity index (χ3v) is 4.18. The van der Waals surface area contributed by atoms with Crippen LogP contribution < -0.4 is 10.7 Å². The van der Waals surface area contributed by atoms with E-state index < -0.39 is 10.8 Å². The van der Waals surface area contributed by atoms with Gasteiger partial charge in [-0.2, -0.15) is 5.10 Å². The van der Waals surface area contributed by atoms with E-state index >= 15 is 0 Å². The lowest BCUT2D eigenvalue weighted by Crippen LogP contribution is -2.13. The maximum absolute atomic E-state index is 12.5. The molecule has 0 aliphatic carbocycles. The number of aryl methyl sites for hydroxylation is 1. The summed E-state index contributed by atoms with van der Waals surface area (Å²) < 4.78 is 0. The van der Waals surface area contributed by atoms with Crippen LogP contribution in [0, 0.1) is 17.0 Å². The van der Waals surface area contributed by atoms with Crippen LogP contribution in [0.4, 0.5) is 17.1 Å². The Morgan fingerprint density at radius 1 is 1.07 bits per heavy atom. The second-order valence-corrected chi connectivity index (χ2v) is 6.19. The zero-order valence-corrected chi connectivity index (χ0v) is 15.5. The van der Waals surface area contributed by atoms with Crippen molar-refractivity contribution in [1.82, 2.24) is 0 Å². The van der Waals surface area contributed by atoms with E-state index in [4.69, 9.17) is 0 Å². The molecule has 3 aromatic rings. The number of hydrogen-bond donors (Lipinski definition) is 3. The topological polar surface area (TPSA) is 117 Å². The van der Waals surface area contributed by atoms with Crippen molar-refractivity contribution in [3.05, 3.63) is 93.5 Å². The summed E-state index contributed by atoms with van der Waals surface area (Å²) in [6, 6.07) is 17.9. The largest absolute Gasteiger partial charge is 0.507 e. The highest BCUT2D eigenvalue weighted by Gasteiger charge is 2.18. The summed E-state index contributed by atoms with van der Waals surface area (Å²) in [5.41, 5.74) is 4.52. The quantitative estimate of drug-likeness (QED) is 0.329. The molecule has 0 aliphatic heterocycles. The molecule has 8 heteroatoms. The van der Waals surface area contributed by atoms with Crippen LogP contribution >= 0.6 is 0 Å². The molecule has 0 radical (unpaired) electrons. The highest BCUT2D eigenvalue weighted by atomic mass is 16.6. The van der Waals surface area contributed by atoms with E-state index in [0.29, 0.717) is 11.3 Å². The summed E-state index contributed by atoms with van der Waals surface area (Å²) in [6.45, 7) is 1.85. The van der Waals surface area contributed by atoms with Crippen molar-refractivity contribution >= 4 is 29.2 Å². The molecule has 0 aromatic heterocycles. The minimum Gasteiger partial charge on any atom is -0.507 e. The van der Waals surface area contributed by atoms with Crippen LogP contribution in [0.1, 0.15) is 21.5 Å². The maximum Gasteiger partial charge on any atom is 0.294 e. The fourth-order valence-electron chi connectivity index (χ4n) is 2.59. The van der Waals surface area contributed by atoms with Crippen LogP contribution in [0.15, 0.2) is 71.8 Å². The van der Waals surface area contributed by atoms with Crippen molar-refractivity contribution in [2.24, 2.45) is 5.10 Å². The first-order valence-corrected chi connectivity index (χ1v) is 8.68. The average Bonchev–Trinajstić information content (AvgIpc) is 2.71. The van der Waals surface area contributed by atoms with Gasteiger partial charge < -0.3 is 10.4 Å². The number of nitro groups is 1. The minimum absolute atomic E-state index is 0.0378. The summed E-state index contributed by atoms with van der Waals surface area (Å²) in [5.74, 6) is -0.414. The smallest absolute Gasteiger partial charge is 0.294 e. The van der Waals surface area contributed by atoms with Gasteiger partial charge in [-0.25, -0.2) is 0 Å². The fourth-order valence-corrected chi connectivity index (χ4v) is 2.59. The van der Waals surface area contributed by atoms with E-state index in [-0.39, 0.29) is 22.7 Å². The van der Waals surface area contributed by atoms with Crippen LogP contribution in [0.25, 0.3) is 0 Å². The number of para-hydroxylation sites is 2. The summed E-state index contributed by atoms with van der Waals surface area (Å²) in [6.07, 6.45) is 1.35. The molecule has 0 saturated heterocycles. The Hall–Kier alpha value is -4.20. The third-order valence-electron chi connectivity index (χ3n) is 4.18. The van der Waals surface area contributed by atoms with Gasteiger partial charge in [-0.1, -0.05) is 30.3 Å². The number of phenolic OH excluding ortho intramolecular Hbond substituents is 1. The van der Waals surface area contributed by atoms with Crippen molar-refractivity contribution in [2.75, 3.05) is 10.7 Å². The molecular weight excluding hydrogens is 372 g/mol. The Bertz CT molecular complexity index is 1100. The van der Waals surface area contributed by atoms with E-state index in [2.05, 4.69) is 15.8 Å². The normalized spacial score (nSPS) is 10.7. The third kappa shape index (κ3) is 4.75. The van der Waals surface area contributed by atoms with E-state index in [1.54, 1.807) is 30.3 Å². The molecule has 0 atom stereocenters. The number of amides is 1. The van der Waals surface area contributed by atoms with Gasteiger partial charge in [0.25, 0.3) is 11.6 Å². The first-order chi connectivity index (χ1) is 14.0. The number of nitrogens with zero attached hydrogens (tertiary/aromatic N) is 2. The predicted octanol–water partition coefficient (Wildman–Crippen LogP) is 4.31. The number of nitrogens with one attached hydrogen (secondary N) is 2. The predicted molar refractivity (Wildman–Crippen MR) is 112 cm³/mol. The lowest BCUT2D eigenvalue weighted by atomic mass is 10.1. The Labute approximate surface area is 166 Å². The second kappa shape index (κ2) is 8.66. The number of hydrogen-bond acceptors (Lipinski definition) is 6. The molecule has 29 heavy (non-hydrogen) atoms. The van der Waals surface area contributed by atoms with Crippen molar-refractivity contribution < 1.29 is 14.8 Å². The van der Waals surface area contributed by atoms with Crippen molar-refractivity contribution in [3.8, 4) is 5.75 Å². The van der Waals surface area contributed by atoms with Gasteiger partial charge in [0.1, 0.15) is 11.4 Å². The second-order valence-electron chi connectivity index (χ2n) is 6.19. The van der Waals surface area contributed by atoms with Gasteiger partial charge in [0.15, 0.2) is 0 Å².